The van der Waals surface area contributed by atoms with Gasteiger partial charge in [-0.25, -0.2) is 4.99 Å². The number of aromatic nitrogens is 3. The highest BCUT2D eigenvalue weighted by Gasteiger charge is 2.28. The number of benzene rings is 1. The Labute approximate surface area is 392 Å². The van der Waals surface area contributed by atoms with E-state index in [2.05, 4.69) is 28.8 Å². The van der Waals surface area contributed by atoms with Crippen LogP contribution in [-0.2, 0) is 11.2 Å². The van der Waals surface area contributed by atoms with Gasteiger partial charge in [0.25, 0.3) is 0 Å². The van der Waals surface area contributed by atoms with Crippen molar-refractivity contribution in [3.05, 3.63) is 140 Å². The molecule has 0 saturated carbocycles. The van der Waals surface area contributed by atoms with Crippen LogP contribution in [-0.4, -0.2) is 41.8 Å². The number of nitrogens with one attached hydrogen (secondary N) is 3. The molecule has 0 radical (unpaired) electrons. The van der Waals surface area contributed by atoms with Crippen LogP contribution in [0.25, 0.3) is 23.3 Å². The summed E-state index contributed by atoms with van der Waals surface area (Å²) in [4.78, 5) is 29.5. The molecule has 350 valence electrons. The second kappa shape index (κ2) is 24.7. The van der Waals surface area contributed by atoms with Crippen molar-refractivity contribution < 1.29 is 20.1 Å². The first kappa shape index (κ1) is 48.2. The molecule has 0 saturated heterocycles. The number of carbonyl (C=O) groups is 1. The molecule has 66 heavy (non-hydrogen) atoms. The minimum Gasteiger partial charge on any atom is -0.507 e. The van der Waals surface area contributed by atoms with E-state index < -0.39 is 0 Å². The maximum absolute atomic E-state index is 14.0. The van der Waals surface area contributed by atoms with Crippen LogP contribution in [0, 0.1) is 0 Å². The van der Waals surface area contributed by atoms with Gasteiger partial charge in [0.2, 0.25) is 0 Å². The number of unbranched alkanes of at least 4 members (excludes halogenated alkanes) is 20. The first-order chi connectivity index (χ1) is 32.3. The molecule has 8 bridgehead atoms. The predicted octanol–water partition coefficient (Wildman–Crippen LogP) is 13.8. The molecule has 8 heteroatoms. The number of nitrogens with zero attached hydrogens (tertiary/aromatic N) is 1. The van der Waals surface area contributed by atoms with Crippen molar-refractivity contribution in [2.75, 3.05) is 0 Å². The summed E-state index contributed by atoms with van der Waals surface area (Å²) in [5.74, 6) is -0.218. The molecule has 0 spiro atoms. The first-order valence-electron chi connectivity index (χ1n) is 25.6. The van der Waals surface area contributed by atoms with Crippen molar-refractivity contribution >= 4 is 34.8 Å². The number of phenolic OH excluding ortho intramolecular Hbond substituents is 2. The number of aromatic hydroxyl groups is 2. The summed E-state index contributed by atoms with van der Waals surface area (Å²) in [7, 11) is 0. The monoisotopic (exact) mass is 891 g/mol. The average Bonchev–Trinajstić information content (AvgIpc) is 4.14. The van der Waals surface area contributed by atoms with E-state index in [1.807, 2.05) is 60.7 Å². The van der Waals surface area contributed by atoms with Crippen LogP contribution in [0.1, 0.15) is 195 Å². The standard InChI is InChI=1S/C58H74N4O4/c1-3-5-7-9-11-13-15-17-19-21-23-25-41-35-51(63)57(52(64)36-41)55-47-31-27-43(59-47)39-45-29-33-49(61-45)56(50-34-30-46(62-50)40-44-28-32-48(55)60-44)58-53(65)37-42(38-54(58)66)26-24-22-20-18-16-14-12-10-8-6-4-2/h27-40,59-61,63-65H,3-26H2,1-2H3/b43-39-,46-40-,55-47+,58-56-. The number of rotatable bonds is 25. The number of aliphatic hydroxyl groups excluding tert-OH is 1. The average molecular weight is 891 g/mol. The smallest absolute Gasteiger partial charge is 0.190 e. The molecule has 4 aromatic rings. The van der Waals surface area contributed by atoms with Crippen molar-refractivity contribution in [2.24, 2.45) is 4.99 Å². The Bertz CT molecular complexity index is 2560. The highest BCUT2D eigenvalue weighted by atomic mass is 16.3. The Kier molecular flexibility index (Phi) is 18.0. The third-order valence-corrected chi connectivity index (χ3v) is 13.4. The number of aliphatic imine (C=N–C) groups is 1. The van der Waals surface area contributed by atoms with Crippen molar-refractivity contribution in [2.45, 2.75) is 168 Å². The summed E-state index contributed by atoms with van der Waals surface area (Å²) in [6.45, 7) is 4.52. The Balaban J connectivity index is 1.08. The zero-order chi connectivity index (χ0) is 46.1. The molecular weight excluding hydrogens is 817 g/mol. The van der Waals surface area contributed by atoms with Gasteiger partial charge in [-0.15, -0.1) is 0 Å². The summed E-state index contributed by atoms with van der Waals surface area (Å²) >= 11 is 0. The molecule has 0 unspecified atom stereocenters. The molecule has 7 rings (SSSR count). The van der Waals surface area contributed by atoms with Gasteiger partial charge in [-0.2, -0.15) is 0 Å². The first-order valence-corrected chi connectivity index (χ1v) is 25.6. The van der Waals surface area contributed by atoms with E-state index in [0.717, 1.165) is 66.4 Å². The van der Waals surface area contributed by atoms with Crippen molar-refractivity contribution in [1.29, 1.82) is 0 Å². The molecule has 2 aliphatic heterocycles. The zero-order valence-corrected chi connectivity index (χ0v) is 39.8. The van der Waals surface area contributed by atoms with Crippen LogP contribution in [0.4, 0.5) is 0 Å². The SMILES string of the molecule is CCCCCCCCCCCCCC1=CC(=O)/C(=C2C3=N/C(=C\c4ccc([nH]4)/C(c4c(O)cc(CCCCCCCCCCCCC)cc4O)=c4/cc/c([nH]4)=C/c4ccc\2[nH]4)C=C3)C(O)=C1. The number of ketones is 1. The Morgan fingerprint density at radius 2 is 1.03 bits per heavy atom. The van der Waals surface area contributed by atoms with E-state index in [9.17, 15) is 20.1 Å². The molecule has 8 nitrogen and oxygen atoms in total. The molecule has 6 N–H and O–H groups in total. The number of carbonyl (C=O) groups excluding carboxylic acids is 1. The van der Waals surface area contributed by atoms with Gasteiger partial charge < -0.3 is 30.3 Å². The predicted molar refractivity (Wildman–Crippen MR) is 273 cm³/mol. The summed E-state index contributed by atoms with van der Waals surface area (Å²) in [6, 6.07) is 15.3. The zero-order valence-electron chi connectivity index (χ0n) is 39.8. The lowest BCUT2D eigenvalue weighted by Crippen LogP contribution is -2.15. The van der Waals surface area contributed by atoms with Gasteiger partial charge >= 0.3 is 0 Å². The fraction of sp³-hybridized carbons (Fsp3) is 0.448. The molecule has 5 heterocycles. The Morgan fingerprint density at radius 3 is 1.61 bits per heavy atom. The maximum atomic E-state index is 14.0. The molecule has 0 amide bonds. The number of hydrogen-bond acceptors (Lipinski definition) is 5. The third-order valence-electron chi connectivity index (χ3n) is 13.4. The summed E-state index contributed by atoms with van der Waals surface area (Å²) in [6.07, 6.45) is 40.5. The fourth-order valence-electron chi connectivity index (χ4n) is 9.77. The van der Waals surface area contributed by atoms with Crippen LogP contribution in [0.15, 0.2) is 100 Å². The topological polar surface area (TPSA) is 137 Å². The summed E-state index contributed by atoms with van der Waals surface area (Å²) < 4.78 is 0. The fourth-order valence-corrected chi connectivity index (χ4v) is 9.77. The lowest BCUT2D eigenvalue weighted by molar-refractivity contribution is -0.111. The Morgan fingerprint density at radius 1 is 0.500 bits per heavy atom. The number of phenols is 2. The lowest BCUT2D eigenvalue weighted by atomic mass is 9.89. The van der Waals surface area contributed by atoms with E-state index in [4.69, 9.17) is 4.99 Å². The number of allylic oxidation sites excluding steroid dienone is 7. The van der Waals surface area contributed by atoms with Gasteiger partial charge in [-0.05, 0) is 122 Å². The second-order valence-electron chi connectivity index (χ2n) is 18.8. The maximum Gasteiger partial charge on any atom is 0.190 e. The number of aromatic amines is 3. The van der Waals surface area contributed by atoms with Crippen LogP contribution in [0.5, 0.6) is 11.5 Å². The van der Waals surface area contributed by atoms with Crippen LogP contribution in [0.3, 0.4) is 0 Å². The van der Waals surface area contributed by atoms with E-state index >= 15 is 0 Å². The molecule has 0 fully saturated rings. The molecule has 0 atom stereocenters. The third kappa shape index (κ3) is 13.2. The summed E-state index contributed by atoms with van der Waals surface area (Å²) in [5, 5.41) is 36.3. The number of fused-ring (bicyclic) bond motifs is 7. The van der Waals surface area contributed by atoms with Crippen LogP contribution in [0.2, 0.25) is 0 Å². The normalized spacial score (nSPS) is 17.9. The number of aliphatic hydroxyl groups is 1. The molecular formula is C58H74N4O4. The Hall–Kier alpha value is -5.76. The van der Waals surface area contributed by atoms with E-state index in [1.54, 1.807) is 24.3 Å². The van der Waals surface area contributed by atoms with Gasteiger partial charge in [-0.3, -0.25) is 4.79 Å². The van der Waals surface area contributed by atoms with Crippen molar-refractivity contribution in [3.8, 4) is 11.5 Å². The van der Waals surface area contributed by atoms with E-state index in [0.29, 0.717) is 44.9 Å². The molecule has 1 aliphatic carbocycles. The second-order valence-corrected chi connectivity index (χ2v) is 18.8. The van der Waals surface area contributed by atoms with Gasteiger partial charge in [-0.1, -0.05) is 142 Å². The quantitative estimate of drug-likeness (QED) is 0.0291. The molecule has 1 aromatic carbocycles. The molecule has 3 aliphatic rings. The van der Waals surface area contributed by atoms with E-state index in [1.165, 1.54) is 116 Å². The minimum atomic E-state index is -0.231. The number of aryl methyl sites for hydroxylation is 1. The number of hydrogen-bond donors (Lipinski definition) is 6. The van der Waals surface area contributed by atoms with E-state index in [-0.39, 0.29) is 28.6 Å². The van der Waals surface area contributed by atoms with Crippen molar-refractivity contribution in [3.63, 3.8) is 0 Å². The van der Waals surface area contributed by atoms with Crippen molar-refractivity contribution in [1.82, 2.24) is 15.0 Å². The van der Waals surface area contributed by atoms with Crippen LogP contribution >= 0.6 is 0 Å². The highest BCUT2D eigenvalue weighted by Crippen LogP contribution is 2.38. The number of H-pyrrole nitrogens is 3. The summed E-state index contributed by atoms with van der Waals surface area (Å²) in [5.41, 5.74) is 7.69. The van der Waals surface area contributed by atoms with Gasteiger partial charge in [0, 0.05) is 44.6 Å². The van der Waals surface area contributed by atoms with Gasteiger partial charge in [0.15, 0.2) is 5.78 Å². The van der Waals surface area contributed by atoms with Crippen LogP contribution < -0.4 is 10.7 Å². The van der Waals surface area contributed by atoms with Gasteiger partial charge in [0.05, 0.1) is 22.5 Å². The minimum absolute atomic E-state index is 0.0280. The highest BCUT2D eigenvalue weighted by molar-refractivity contribution is 6.36. The van der Waals surface area contributed by atoms with Gasteiger partial charge in [0.1, 0.15) is 17.3 Å². The molecule has 3 aromatic heterocycles. The lowest BCUT2D eigenvalue weighted by Gasteiger charge is -2.17. The largest absolute Gasteiger partial charge is 0.507 e.